The number of nitrogens with zero attached hydrogens (tertiary/aromatic N) is 1. The molecular weight excluding hydrogens is 328 g/mol. The summed E-state index contributed by atoms with van der Waals surface area (Å²) >= 11 is 0. The van der Waals surface area contributed by atoms with Crippen molar-refractivity contribution in [2.45, 2.75) is 36.6 Å². The first-order chi connectivity index (χ1) is 11.4. The zero-order chi connectivity index (χ0) is 17.3. The summed E-state index contributed by atoms with van der Waals surface area (Å²) in [6.45, 7) is -0.164. The Morgan fingerprint density at radius 1 is 1.25 bits per heavy atom. The van der Waals surface area contributed by atoms with Crippen molar-refractivity contribution in [2.75, 3.05) is 20.7 Å². The number of ether oxygens (including phenoxy) is 1. The van der Waals surface area contributed by atoms with Crippen LogP contribution in [-0.4, -0.2) is 45.4 Å². The molecular formula is C17H24N2O4S. The maximum absolute atomic E-state index is 12.5. The van der Waals surface area contributed by atoms with Gasteiger partial charge in [-0.15, -0.1) is 0 Å². The number of nitrogens with one attached hydrogen (secondary N) is 1. The van der Waals surface area contributed by atoms with Crippen LogP contribution in [0.3, 0.4) is 0 Å². The van der Waals surface area contributed by atoms with Gasteiger partial charge >= 0.3 is 0 Å². The molecule has 1 aromatic rings. The SMILES string of the molecule is COc1ccc(S(=O)(=O)N(C)CC(=O)N[C@H]2C[C@H]3CC[C@H]2C3)cc1. The highest BCUT2D eigenvalue weighted by Gasteiger charge is 2.40. The average molecular weight is 352 g/mol. The van der Waals surface area contributed by atoms with E-state index in [0.29, 0.717) is 11.7 Å². The Morgan fingerprint density at radius 2 is 1.96 bits per heavy atom. The Hall–Kier alpha value is -1.60. The van der Waals surface area contributed by atoms with Gasteiger partial charge in [0.15, 0.2) is 0 Å². The maximum atomic E-state index is 12.5. The van der Waals surface area contributed by atoms with Gasteiger partial charge in [-0.1, -0.05) is 6.42 Å². The van der Waals surface area contributed by atoms with Crippen LogP contribution in [0.1, 0.15) is 25.7 Å². The van der Waals surface area contributed by atoms with Gasteiger partial charge < -0.3 is 10.1 Å². The summed E-state index contributed by atoms with van der Waals surface area (Å²) in [6.07, 6.45) is 4.68. The van der Waals surface area contributed by atoms with E-state index in [1.807, 2.05) is 0 Å². The lowest BCUT2D eigenvalue weighted by atomic mass is 9.95. The molecule has 0 aromatic heterocycles. The van der Waals surface area contributed by atoms with Gasteiger partial charge in [0.1, 0.15) is 5.75 Å². The summed E-state index contributed by atoms with van der Waals surface area (Å²) in [7, 11) is -0.732. The van der Waals surface area contributed by atoms with Crippen LogP contribution in [0.5, 0.6) is 5.75 Å². The zero-order valence-electron chi connectivity index (χ0n) is 14.1. The number of benzene rings is 1. The summed E-state index contributed by atoms with van der Waals surface area (Å²) in [5.41, 5.74) is 0. The molecule has 0 radical (unpaired) electrons. The van der Waals surface area contributed by atoms with E-state index >= 15 is 0 Å². The number of carbonyl (C=O) groups is 1. The fourth-order valence-corrected chi connectivity index (χ4v) is 5.02. The zero-order valence-corrected chi connectivity index (χ0v) is 14.9. The maximum Gasteiger partial charge on any atom is 0.243 e. The molecule has 3 atom stereocenters. The van der Waals surface area contributed by atoms with E-state index in [1.165, 1.54) is 45.6 Å². The smallest absolute Gasteiger partial charge is 0.243 e. The van der Waals surface area contributed by atoms with E-state index in [0.717, 1.165) is 16.6 Å². The van der Waals surface area contributed by atoms with Crippen LogP contribution in [0.2, 0.25) is 0 Å². The second-order valence-electron chi connectivity index (χ2n) is 6.79. The fourth-order valence-electron chi connectivity index (χ4n) is 3.89. The minimum absolute atomic E-state index is 0.151. The minimum atomic E-state index is -3.69. The van der Waals surface area contributed by atoms with E-state index < -0.39 is 10.0 Å². The van der Waals surface area contributed by atoms with Crippen LogP contribution in [0.4, 0.5) is 0 Å². The van der Waals surface area contributed by atoms with Crippen LogP contribution in [0.25, 0.3) is 0 Å². The highest BCUT2D eigenvalue weighted by Crippen LogP contribution is 2.44. The van der Waals surface area contributed by atoms with Crippen molar-refractivity contribution in [1.29, 1.82) is 0 Å². The molecule has 0 heterocycles. The van der Waals surface area contributed by atoms with Crippen molar-refractivity contribution < 1.29 is 17.9 Å². The van der Waals surface area contributed by atoms with Crippen molar-refractivity contribution in [1.82, 2.24) is 9.62 Å². The summed E-state index contributed by atoms with van der Waals surface area (Å²) in [5.74, 6) is 1.67. The van der Waals surface area contributed by atoms with E-state index in [2.05, 4.69) is 5.32 Å². The molecule has 2 bridgehead atoms. The van der Waals surface area contributed by atoms with Crippen molar-refractivity contribution in [3.05, 3.63) is 24.3 Å². The lowest BCUT2D eigenvalue weighted by Crippen LogP contribution is -2.44. The van der Waals surface area contributed by atoms with Gasteiger partial charge in [-0.2, -0.15) is 4.31 Å². The normalized spacial score (nSPS) is 25.9. The largest absolute Gasteiger partial charge is 0.497 e. The van der Waals surface area contributed by atoms with E-state index in [9.17, 15) is 13.2 Å². The molecule has 24 heavy (non-hydrogen) atoms. The molecule has 2 fully saturated rings. The molecule has 0 unspecified atom stereocenters. The number of sulfonamides is 1. The molecule has 1 N–H and O–H groups in total. The lowest BCUT2D eigenvalue weighted by molar-refractivity contribution is -0.122. The van der Waals surface area contributed by atoms with Crippen LogP contribution in [-0.2, 0) is 14.8 Å². The van der Waals surface area contributed by atoms with E-state index in [-0.39, 0.29) is 23.4 Å². The number of rotatable bonds is 6. The first-order valence-corrected chi connectivity index (χ1v) is 9.74. The van der Waals surface area contributed by atoms with Crippen LogP contribution in [0, 0.1) is 11.8 Å². The average Bonchev–Trinajstić information content (AvgIpc) is 3.17. The quantitative estimate of drug-likeness (QED) is 0.844. The van der Waals surface area contributed by atoms with Crippen molar-refractivity contribution >= 4 is 15.9 Å². The number of likely N-dealkylation sites (N-methyl/N-ethyl adjacent to an activating group) is 1. The number of methoxy groups -OCH3 is 1. The standard InChI is InChI=1S/C17H24N2O4S/c1-19(24(21,22)15-7-5-14(23-2)6-8-15)11-17(20)18-16-10-12-3-4-13(16)9-12/h5-8,12-13,16H,3-4,9-11H2,1-2H3,(H,18,20)/t12-,13-,16-/m0/s1. The van der Waals surface area contributed by atoms with Gasteiger partial charge in [0, 0.05) is 13.1 Å². The molecule has 6 nitrogen and oxygen atoms in total. The molecule has 1 aromatic carbocycles. The summed E-state index contributed by atoms with van der Waals surface area (Å²) in [6, 6.07) is 6.37. The Labute approximate surface area is 143 Å². The van der Waals surface area contributed by atoms with Gasteiger partial charge in [-0.25, -0.2) is 8.42 Å². The van der Waals surface area contributed by atoms with Crippen molar-refractivity contribution in [3.63, 3.8) is 0 Å². The molecule has 7 heteroatoms. The van der Waals surface area contributed by atoms with Gasteiger partial charge in [-0.3, -0.25) is 4.79 Å². The molecule has 132 valence electrons. The first-order valence-electron chi connectivity index (χ1n) is 8.30. The molecule has 0 spiro atoms. The second-order valence-corrected chi connectivity index (χ2v) is 8.83. The van der Waals surface area contributed by atoms with E-state index in [1.54, 1.807) is 12.1 Å². The van der Waals surface area contributed by atoms with Crippen molar-refractivity contribution in [3.8, 4) is 5.75 Å². The van der Waals surface area contributed by atoms with Gasteiger partial charge in [-0.05, 0) is 55.4 Å². The summed E-state index contributed by atoms with van der Waals surface area (Å²) < 4.78 is 31.2. The second kappa shape index (κ2) is 6.72. The Bertz CT molecular complexity index is 702. The van der Waals surface area contributed by atoms with Gasteiger partial charge in [0.25, 0.3) is 0 Å². The van der Waals surface area contributed by atoms with Crippen LogP contribution < -0.4 is 10.1 Å². The third-order valence-electron chi connectivity index (χ3n) is 5.22. The van der Waals surface area contributed by atoms with Gasteiger partial charge in [0.05, 0.1) is 18.6 Å². The Balaban J connectivity index is 1.60. The third kappa shape index (κ3) is 3.42. The fraction of sp³-hybridized carbons (Fsp3) is 0.588. The number of hydrogen-bond acceptors (Lipinski definition) is 4. The topological polar surface area (TPSA) is 75.7 Å². The Kier molecular flexibility index (Phi) is 4.83. The molecule has 0 aliphatic heterocycles. The number of fused-ring (bicyclic) bond motifs is 2. The molecule has 2 aliphatic rings. The number of hydrogen-bond donors (Lipinski definition) is 1. The summed E-state index contributed by atoms with van der Waals surface area (Å²) in [5, 5.41) is 3.02. The highest BCUT2D eigenvalue weighted by atomic mass is 32.2. The molecule has 2 aliphatic carbocycles. The third-order valence-corrected chi connectivity index (χ3v) is 7.04. The molecule has 1 amide bonds. The predicted molar refractivity (Wildman–Crippen MR) is 90.2 cm³/mol. The van der Waals surface area contributed by atoms with Gasteiger partial charge in [0.2, 0.25) is 15.9 Å². The Morgan fingerprint density at radius 3 is 2.50 bits per heavy atom. The molecule has 3 rings (SSSR count). The number of carbonyl (C=O) groups excluding carboxylic acids is 1. The molecule has 2 saturated carbocycles. The minimum Gasteiger partial charge on any atom is -0.497 e. The summed E-state index contributed by atoms with van der Waals surface area (Å²) in [4.78, 5) is 12.4. The van der Waals surface area contributed by atoms with E-state index in [4.69, 9.17) is 4.74 Å². The van der Waals surface area contributed by atoms with Crippen LogP contribution in [0.15, 0.2) is 29.2 Å². The van der Waals surface area contributed by atoms with Crippen LogP contribution >= 0.6 is 0 Å². The lowest BCUT2D eigenvalue weighted by Gasteiger charge is -2.24. The predicted octanol–water partition coefficient (Wildman–Crippen LogP) is 1.62. The highest BCUT2D eigenvalue weighted by molar-refractivity contribution is 7.89. The molecule has 0 saturated heterocycles. The number of amides is 1. The first kappa shape index (κ1) is 17.2. The van der Waals surface area contributed by atoms with Crippen molar-refractivity contribution in [2.24, 2.45) is 11.8 Å². The monoisotopic (exact) mass is 352 g/mol.